The average molecular weight is 390 g/mol. The van der Waals surface area contributed by atoms with Crippen molar-refractivity contribution in [2.24, 2.45) is 0 Å². The number of nitrogens with zero attached hydrogens (tertiary/aromatic N) is 1. The van der Waals surface area contributed by atoms with Gasteiger partial charge in [-0.3, -0.25) is 4.72 Å². The van der Waals surface area contributed by atoms with Gasteiger partial charge in [-0.25, -0.2) is 13.2 Å². The summed E-state index contributed by atoms with van der Waals surface area (Å²) in [5.74, 6) is -1.19. The molecule has 1 aliphatic rings. The number of anilines is 2. The van der Waals surface area contributed by atoms with Crippen LogP contribution in [-0.4, -0.2) is 45.8 Å². The maximum absolute atomic E-state index is 12.8. The number of aromatic carboxylic acids is 1. The molecular formula is C19H22N2O5S. The Morgan fingerprint density at radius 3 is 2.30 bits per heavy atom. The molecule has 7 nitrogen and oxygen atoms in total. The van der Waals surface area contributed by atoms with Crippen LogP contribution >= 0.6 is 0 Å². The highest BCUT2D eigenvalue weighted by atomic mass is 32.2. The van der Waals surface area contributed by atoms with E-state index in [0.29, 0.717) is 26.3 Å². The third-order valence-corrected chi connectivity index (χ3v) is 5.70. The highest BCUT2D eigenvalue weighted by Crippen LogP contribution is 2.27. The molecule has 1 saturated heterocycles. The molecule has 1 fully saturated rings. The molecule has 0 unspecified atom stereocenters. The van der Waals surface area contributed by atoms with Crippen LogP contribution in [0, 0.1) is 13.8 Å². The highest BCUT2D eigenvalue weighted by molar-refractivity contribution is 7.92. The van der Waals surface area contributed by atoms with Gasteiger partial charge in [-0.2, -0.15) is 0 Å². The van der Waals surface area contributed by atoms with Gasteiger partial charge in [0, 0.05) is 18.8 Å². The summed E-state index contributed by atoms with van der Waals surface area (Å²) in [6, 6.07) is 9.66. The van der Waals surface area contributed by atoms with E-state index in [-0.39, 0.29) is 16.1 Å². The number of nitrogens with one attached hydrogen (secondary N) is 1. The van der Waals surface area contributed by atoms with E-state index >= 15 is 0 Å². The van der Waals surface area contributed by atoms with Crippen molar-refractivity contribution in [3.8, 4) is 0 Å². The molecule has 2 aromatic carbocycles. The molecule has 0 bridgehead atoms. The van der Waals surface area contributed by atoms with Gasteiger partial charge in [0.25, 0.3) is 10.0 Å². The second-order valence-corrected chi connectivity index (χ2v) is 8.25. The topological polar surface area (TPSA) is 95.9 Å². The average Bonchev–Trinajstić information content (AvgIpc) is 2.61. The van der Waals surface area contributed by atoms with Gasteiger partial charge < -0.3 is 14.7 Å². The lowest BCUT2D eigenvalue weighted by Gasteiger charge is -2.29. The van der Waals surface area contributed by atoms with Crippen LogP contribution in [0.15, 0.2) is 41.3 Å². The molecular weight excluding hydrogens is 368 g/mol. The first-order valence-electron chi connectivity index (χ1n) is 8.57. The van der Waals surface area contributed by atoms with Crippen molar-refractivity contribution in [2.45, 2.75) is 18.7 Å². The molecule has 0 saturated carbocycles. The van der Waals surface area contributed by atoms with E-state index in [1.54, 1.807) is 24.3 Å². The second-order valence-electron chi connectivity index (χ2n) is 6.56. The standard InChI is InChI=1S/C19H22N2O5S/c1-13-9-14(2)11-16(10-13)27(24,25)20-18-12-15(3-4-17(18)19(22)23)21-5-7-26-8-6-21/h3-4,9-12,20H,5-8H2,1-2H3,(H,22,23). The van der Waals surface area contributed by atoms with Crippen LogP contribution in [0.1, 0.15) is 21.5 Å². The second kappa shape index (κ2) is 7.58. The molecule has 0 amide bonds. The van der Waals surface area contributed by atoms with Crippen molar-refractivity contribution >= 4 is 27.4 Å². The predicted octanol–water partition coefficient (Wildman–Crippen LogP) is 2.64. The van der Waals surface area contributed by atoms with Gasteiger partial charge in [0.2, 0.25) is 0 Å². The minimum atomic E-state index is -3.92. The van der Waals surface area contributed by atoms with Crippen LogP contribution in [0.3, 0.4) is 0 Å². The van der Waals surface area contributed by atoms with Gasteiger partial charge in [0.05, 0.1) is 29.4 Å². The van der Waals surface area contributed by atoms with Crippen LogP contribution in [0.4, 0.5) is 11.4 Å². The molecule has 0 aliphatic carbocycles. The molecule has 0 spiro atoms. The van der Waals surface area contributed by atoms with E-state index in [0.717, 1.165) is 16.8 Å². The molecule has 3 rings (SSSR count). The fourth-order valence-electron chi connectivity index (χ4n) is 3.11. The van der Waals surface area contributed by atoms with Crippen LogP contribution in [0.5, 0.6) is 0 Å². The SMILES string of the molecule is Cc1cc(C)cc(S(=O)(=O)Nc2cc(N3CCOCC3)ccc2C(=O)O)c1. The van der Waals surface area contributed by atoms with E-state index < -0.39 is 16.0 Å². The number of morpholine rings is 1. The number of hydrogen-bond donors (Lipinski definition) is 2. The maximum Gasteiger partial charge on any atom is 0.337 e. The van der Waals surface area contributed by atoms with Crippen molar-refractivity contribution in [3.05, 3.63) is 53.1 Å². The molecule has 1 heterocycles. The smallest absolute Gasteiger partial charge is 0.337 e. The Morgan fingerprint density at radius 2 is 1.70 bits per heavy atom. The minimum Gasteiger partial charge on any atom is -0.478 e. The third kappa shape index (κ3) is 4.40. The Kier molecular flexibility index (Phi) is 5.38. The molecule has 1 aliphatic heterocycles. The van der Waals surface area contributed by atoms with Crippen LogP contribution in [-0.2, 0) is 14.8 Å². The summed E-state index contributed by atoms with van der Waals surface area (Å²) in [5.41, 5.74) is 2.33. The molecule has 0 atom stereocenters. The van der Waals surface area contributed by atoms with Crippen molar-refractivity contribution in [3.63, 3.8) is 0 Å². The summed E-state index contributed by atoms with van der Waals surface area (Å²) in [5, 5.41) is 9.45. The number of sulfonamides is 1. The van der Waals surface area contributed by atoms with Gasteiger partial charge in [-0.15, -0.1) is 0 Å². The Bertz CT molecular complexity index is 946. The zero-order valence-electron chi connectivity index (χ0n) is 15.2. The maximum atomic E-state index is 12.8. The summed E-state index contributed by atoms with van der Waals surface area (Å²) in [6.45, 7) is 6.10. The summed E-state index contributed by atoms with van der Waals surface area (Å²) in [6.07, 6.45) is 0. The number of carbonyl (C=O) groups is 1. The molecule has 0 aromatic heterocycles. The fourth-order valence-corrected chi connectivity index (χ4v) is 4.37. The molecule has 144 valence electrons. The number of carboxylic acids is 1. The Morgan fingerprint density at radius 1 is 1.07 bits per heavy atom. The molecule has 0 radical (unpaired) electrons. The molecule has 2 aromatic rings. The van der Waals surface area contributed by atoms with Gasteiger partial charge >= 0.3 is 5.97 Å². The van der Waals surface area contributed by atoms with Crippen LogP contribution < -0.4 is 9.62 Å². The summed E-state index contributed by atoms with van der Waals surface area (Å²) in [4.78, 5) is 13.7. The first-order valence-corrected chi connectivity index (χ1v) is 10.1. The van der Waals surface area contributed by atoms with Gasteiger partial charge in [-0.05, 0) is 55.3 Å². The predicted molar refractivity (Wildman–Crippen MR) is 103 cm³/mol. The largest absolute Gasteiger partial charge is 0.478 e. The Balaban J connectivity index is 1.99. The Labute approximate surface area is 158 Å². The van der Waals surface area contributed by atoms with E-state index in [1.165, 1.54) is 6.07 Å². The zero-order valence-corrected chi connectivity index (χ0v) is 16.0. The van der Waals surface area contributed by atoms with E-state index in [9.17, 15) is 18.3 Å². The summed E-state index contributed by atoms with van der Waals surface area (Å²) < 4.78 is 33.4. The normalized spacial score (nSPS) is 14.8. The quantitative estimate of drug-likeness (QED) is 0.815. The number of hydrogen-bond acceptors (Lipinski definition) is 5. The summed E-state index contributed by atoms with van der Waals surface area (Å²) in [7, 11) is -3.92. The highest BCUT2D eigenvalue weighted by Gasteiger charge is 2.21. The van der Waals surface area contributed by atoms with Crippen molar-refractivity contribution in [2.75, 3.05) is 35.9 Å². The lowest BCUT2D eigenvalue weighted by atomic mass is 10.1. The third-order valence-electron chi connectivity index (χ3n) is 4.36. The Hall–Kier alpha value is -2.58. The van der Waals surface area contributed by atoms with E-state index in [2.05, 4.69) is 4.72 Å². The van der Waals surface area contributed by atoms with Gasteiger partial charge in [0.15, 0.2) is 0 Å². The van der Waals surface area contributed by atoms with Crippen LogP contribution in [0.25, 0.3) is 0 Å². The fraction of sp³-hybridized carbons (Fsp3) is 0.316. The van der Waals surface area contributed by atoms with Crippen molar-refractivity contribution < 1.29 is 23.1 Å². The van der Waals surface area contributed by atoms with Gasteiger partial charge in [0.1, 0.15) is 0 Å². The number of aryl methyl sites for hydroxylation is 2. The first-order chi connectivity index (χ1) is 12.8. The molecule has 27 heavy (non-hydrogen) atoms. The number of benzene rings is 2. The van der Waals surface area contributed by atoms with Crippen molar-refractivity contribution in [1.29, 1.82) is 0 Å². The molecule has 2 N–H and O–H groups in total. The summed E-state index contributed by atoms with van der Waals surface area (Å²) >= 11 is 0. The van der Waals surface area contributed by atoms with Crippen LogP contribution in [0.2, 0.25) is 0 Å². The lowest BCUT2D eigenvalue weighted by Crippen LogP contribution is -2.36. The minimum absolute atomic E-state index is 0.0469. The molecule has 8 heteroatoms. The van der Waals surface area contributed by atoms with E-state index in [4.69, 9.17) is 4.74 Å². The monoisotopic (exact) mass is 390 g/mol. The zero-order chi connectivity index (χ0) is 19.6. The number of ether oxygens (including phenoxy) is 1. The lowest BCUT2D eigenvalue weighted by molar-refractivity contribution is 0.0698. The first kappa shape index (κ1) is 19.2. The van der Waals surface area contributed by atoms with Crippen molar-refractivity contribution in [1.82, 2.24) is 0 Å². The number of rotatable bonds is 5. The van der Waals surface area contributed by atoms with E-state index in [1.807, 2.05) is 24.8 Å². The number of carboxylic acid groups (broad SMARTS) is 1. The van der Waals surface area contributed by atoms with Gasteiger partial charge in [-0.1, -0.05) is 6.07 Å².